The SMILES string of the molecule is O=C(O)c1cc(C(=O)O)cc(N2C(=O)c3cccc4c(Cl)ccc(c34)C2=O)c1. The lowest BCUT2D eigenvalue weighted by Crippen LogP contribution is -2.40. The lowest BCUT2D eigenvalue weighted by atomic mass is 9.93. The molecule has 1 aliphatic rings. The first kappa shape index (κ1) is 17.7. The van der Waals surface area contributed by atoms with Gasteiger partial charge in [0.2, 0.25) is 0 Å². The number of hydrogen-bond acceptors (Lipinski definition) is 4. The van der Waals surface area contributed by atoms with E-state index >= 15 is 0 Å². The third kappa shape index (κ3) is 2.52. The van der Waals surface area contributed by atoms with Crippen molar-refractivity contribution in [2.24, 2.45) is 0 Å². The van der Waals surface area contributed by atoms with Crippen molar-refractivity contribution in [1.29, 1.82) is 0 Å². The largest absolute Gasteiger partial charge is 0.478 e. The predicted molar refractivity (Wildman–Crippen MR) is 100 cm³/mol. The summed E-state index contributed by atoms with van der Waals surface area (Å²) in [4.78, 5) is 49.6. The van der Waals surface area contributed by atoms with Crippen molar-refractivity contribution < 1.29 is 29.4 Å². The molecular formula is C20H10ClNO6. The van der Waals surface area contributed by atoms with E-state index in [0.29, 0.717) is 15.8 Å². The van der Waals surface area contributed by atoms with E-state index in [9.17, 15) is 29.4 Å². The molecule has 0 saturated carbocycles. The van der Waals surface area contributed by atoms with Crippen LogP contribution in [0.4, 0.5) is 5.69 Å². The van der Waals surface area contributed by atoms with Crippen molar-refractivity contribution in [2.75, 3.05) is 4.90 Å². The molecule has 0 atom stereocenters. The molecule has 0 aliphatic carbocycles. The highest BCUT2D eigenvalue weighted by molar-refractivity contribution is 6.41. The summed E-state index contributed by atoms with van der Waals surface area (Å²) in [6.07, 6.45) is 0. The summed E-state index contributed by atoms with van der Waals surface area (Å²) in [5.41, 5.74) is -0.407. The van der Waals surface area contributed by atoms with Gasteiger partial charge >= 0.3 is 11.9 Å². The normalized spacial score (nSPS) is 13.1. The van der Waals surface area contributed by atoms with Crippen LogP contribution in [0.25, 0.3) is 10.8 Å². The first-order chi connectivity index (χ1) is 13.3. The van der Waals surface area contributed by atoms with Crippen LogP contribution in [-0.4, -0.2) is 34.0 Å². The van der Waals surface area contributed by atoms with Gasteiger partial charge in [-0.1, -0.05) is 23.7 Å². The summed E-state index contributed by atoms with van der Waals surface area (Å²) in [6, 6.07) is 11.0. The first-order valence-electron chi connectivity index (χ1n) is 8.01. The molecule has 0 saturated heterocycles. The molecule has 1 aliphatic heterocycles. The van der Waals surface area contributed by atoms with E-state index in [2.05, 4.69) is 0 Å². The fourth-order valence-corrected chi connectivity index (χ4v) is 3.50. The average Bonchev–Trinajstić information content (AvgIpc) is 2.67. The Morgan fingerprint density at radius 2 is 1.39 bits per heavy atom. The molecule has 0 aromatic heterocycles. The molecule has 1 heterocycles. The number of imide groups is 1. The topological polar surface area (TPSA) is 112 Å². The van der Waals surface area contributed by atoms with Crippen molar-refractivity contribution in [2.45, 2.75) is 0 Å². The quantitative estimate of drug-likeness (QED) is 0.654. The van der Waals surface area contributed by atoms with Gasteiger partial charge in [0, 0.05) is 26.9 Å². The number of amides is 2. The first-order valence-corrected chi connectivity index (χ1v) is 8.39. The molecule has 0 spiro atoms. The molecule has 0 bridgehead atoms. The van der Waals surface area contributed by atoms with Crippen LogP contribution < -0.4 is 4.90 Å². The van der Waals surface area contributed by atoms with Crippen LogP contribution >= 0.6 is 11.6 Å². The van der Waals surface area contributed by atoms with Crippen molar-refractivity contribution in [1.82, 2.24) is 0 Å². The third-order valence-corrected chi connectivity index (χ3v) is 4.85. The molecular weight excluding hydrogens is 386 g/mol. The Balaban J connectivity index is 1.97. The zero-order valence-electron chi connectivity index (χ0n) is 14.0. The fraction of sp³-hybridized carbons (Fsp3) is 0. The number of rotatable bonds is 3. The predicted octanol–water partition coefficient (Wildman–Crippen LogP) is 3.69. The molecule has 3 aromatic carbocycles. The molecule has 28 heavy (non-hydrogen) atoms. The minimum absolute atomic E-state index is 0.134. The van der Waals surface area contributed by atoms with Gasteiger partial charge in [-0.05, 0) is 36.4 Å². The second kappa shape index (κ2) is 6.17. The van der Waals surface area contributed by atoms with Crippen molar-refractivity contribution in [3.05, 3.63) is 75.8 Å². The molecule has 2 N–H and O–H groups in total. The van der Waals surface area contributed by atoms with Gasteiger partial charge in [-0.2, -0.15) is 0 Å². The van der Waals surface area contributed by atoms with E-state index in [4.69, 9.17) is 11.6 Å². The Hall–Kier alpha value is -3.71. The standard InChI is InChI=1S/C20H10ClNO6/c21-15-5-4-14-16-12(15)2-1-3-13(16)17(23)22(18(14)24)11-7-9(19(25)26)6-10(8-11)20(27)28/h1-8H,(H,25,26)(H,27,28). The molecule has 0 unspecified atom stereocenters. The Morgan fingerprint density at radius 1 is 0.821 bits per heavy atom. The minimum atomic E-state index is -1.38. The number of halogens is 1. The van der Waals surface area contributed by atoms with Crippen molar-refractivity contribution in [3.8, 4) is 0 Å². The maximum Gasteiger partial charge on any atom is 0.335 e. The van der Waals surface area contributed by atoms with E-state index in [1.54, 1.807) is 12.1 Å². The van der Waals surface area contributed by atoms with Gasteiger partial charge in [0.05, 0.1) is 16.8 Å². The number of carboxylic acid groups (broad SMARTS) is 2. The zero-order valence-corrected chi connectivity index (χ0v) is 14.7. The van der Waals surface area contributed by atoms with Crippen LogP contribution in [0.5, 0.6) is 0 Å². The van der Waals surface area contributed by atoms with Crippen molar-refractivity contribution >= 4 is 51.8 Å². The van der Waals surface area contributed by atoms with Gasteiger partial charge in [-0.15, -0.1) is 0 Å². The molecule has 0 fully saturated rings. The molecule has 0 radical (unpaired) electrons. The summed E-state index contributed by atoms with van der Waals surface area (Å²) < 4.78 is 0. The van der Waals surface area contributed by atoms with Gasteiger partial charge in [-0.25, -0.2) is 14.5 Å². The fourth-order valence-electron chi connectivity index (χ4n) is 3.28. The Labute approximate surface area is 162 Å². The summed E-state index contributed by atoms with van der Waals surface area (Å²) in [6.45, 7) is 0. The number of carbonyl (C=O) groups excluding carboxylic acids is 2. The van der Waals surface area contributed by atoms with Gasteiger partial charge in [0.1, 0.15) is 0 Å². The number of nitrogens with zero attached hydrogens (tertiary/aromatic N) is 1. The van der Waals surface area contributed by atoms with Crippen LogP contribution in [0.2, 0.25) is 5.02 Å². The molecule has 8 heteroatoms. The lowest BCUT2D eigenvalue weighted by Gasteiger charge is -2.27. The molecule has 4 rings (SSSR count). The number of carbonyl (C=O) groups is 4. The Kier molecular flexibility index (Phi) is 3.90. The molecule has 3 aromatic rings. The van der Waals surface area contributed by atoms with Crippen molar-refractivity contribution in [3.63, 3.8) is 0 Å². The highest BCUT2D eigenvalue weighted by Gasteiger charge is 2.35. The Morgan fingerprint density at radius 3 is 1.96 bits per heavy atom. The van der Waals surface area contributed by atoms with E-state index in [1.807, 2.05) is 0 Å². The van der Waals surface area contributed by atoms with Crippen LogP contribution in [0.1, 0.15) is 41.4 Å². The monoisotopic (exact) mass is 395 g/mol. The van der Waals surface area contributed by atoms with Gasteiger partial charge in [0.15, 0.2) is 0 Å². The second-order valence-corrected chi connectivity index (χ2v) is 6.55. The van der Waals surface area contributed by atoms with E-state index in [-0.39, 0.29) is 27.9 Å². The molecule has 2 amide bonds. The third-order valence-electron chi connectivity index (χ3n) is 4.52. The van der Waals surface area contributed by atoms with Crippen LogP contribution in [-0.2, 0) is 0 Å². The van der Waals surface area contributed by atoms with Crippen LogP contribution in [0.15, 0.2) is 48.5 Å². The zero-order chi connectivity index (χ0) is 20.2. The highest BCUT2D eigenvalue weighted by Crippen LogP contribution is 2.36. The van der Waals surface area contributed by atoms with E-state index in [1.165, 1.54) is 18.2 Å². The van der Waals surface area contributed by atoms with Gasteiger partial charge in [0.25, 0.3) is 11.8 Å². The summed E-state index contributed by atoms with van der Waals surface area (Å²) in [7, 11) is 0. The Bertz CT molecular complexity index is 1180. The number of hydrogen-bond donors (Lipinski definition) is 2. The van der Waals surface area contributed by atoms with Crippen LogP contribution in [0, 0.1) is 0 Å². The number of benzene rings is 3. The van der Waals surface area contributed by atoms with Gasteiger partial charge < -0.3 is 10.2 Å². The molecule has 138 valence electrons. The lowest BCUT2D eigenvalue weighted by molar-refractivity contribution is 0.0695. The minimum Gasteiger partial charge on any atom is -0.478 e. The highest BCUT2D eigenvalue weighted by atomic mass is 35.5. The number of anilines is 1. The van der Waals surface area contributed by atoms with E-state index < -0.39 is 23.8 Å². The number of carboxylic acids is 2. The summed E-state index contributed by atoms with van der Waals surface area (Å²) in [5, 5.41) is 19.9. The van der Waals surface area contributed by atoms with Crippen LogP contribution in [0.3, 0.4) is 0 Å². The maximum atomic E-state index is 13.1. The summed E-state index contributed by atoms with van der Waals surface area (Å²) >= 11 is 6.18. The number of aromatic carboxylic acids is 2. The molecule has 7 nitrogen and oxygen atoms in total. The van der Waals surface area contributed by atoms with E-state index in [0.717, 1.165) is 23.1 Å². The summed E-state index contributed by atoms with van der Waals surface area (Å²) in [5.74, 6) is -4.14. The maximum absolute atomic E-state index is 13.1. The smallest absolute Gasteiger partial charge is 0.335 e. The average molecular weight is 396 g/mol. The second-order valence-electron chi connectivity index (χ2n) is 6.15. The van der Waals surface area contributed by atoms with Gasteiger partial charge in [-0.3, -0.25) is 9.59 Å².